The molecule has 2 fully saturated rings. The summed E-state index contributed by atoms with van der Waals surface area (Å²) in [4.78, 5) is 0. The number of rotatable bonds is 1. The standard InChI is InChI=1S/C10H16F3N/c11-10(12,13)9(4-1-5-9)8-2-6-14-7-3-8/h8,14H,1-7H2. The van der Waals surface area contributed by atoms with Gasteiger partial charge in [0.2, 0.25) is 0 Å². The largest absolute Gasteiger partial charge is 0.394 e. The fourth-order valence-corrected chi connectivity index (χ4v) is 2.86. The molecule has 1 aliphatic heterocycles. The molecule has 1 N–H and O–H groups in total. The Balaban J connectivity index is 2.11. The number of hydrogen-bond acceptors (Lipinski definition) is 1. The quantitative estimate of drug-likeness (QED) is 0.697. The molecule has 0 aromatic heterocycles. The molecule has 2 rings (SSSR count). The van der Waals surface area contributed by atoms with Crippen molar-refractivity contribution in [2.45, 2.75) is 38.3 Å². The smallest absolute Gasteiger partial charge is 0.317 e. The molecule has 1 aliphatic carbocycles. The van der Waals surface area contributed by atoms with Crippen LogP contribution < -0.4 is 5.32 Å². The van der Waals surface area contributed by atoms with Gasteiger partial charge in [-0.05, 0) is 44.7 Å². The van der Waals surface area contributed by atoms with Gasteiger partial charge in [0.25, 0.3) is 0 Å². The van der Waals surface area contributed by atoms with Crippen LogP contribution in [0.5, 0.6) is 0 Å². The predicted molar refractivity (Wildman–Crippen MR) is 47.9 cm³/mol. The Bertz CT molecular complexity index is 202. The molecule has 0 radical (unpaired) electrons. The molecule has 82 valence electrons. The van der Waals surface area contributed by atoms with Gasteiger partial charge in [0.05, 0.1) is 5.41 Å². The van der Waals surface area contributed by atoms with Crippen molar-refractivity contribution in [2.24, 2.45) is 11.3 Å². The van der Waals surface area contributed by atoms with E-state index in [0.717, 1.165) is 19.5 Å². The van der Waals surface area contributed by atoms with Crippen molar-refractivity contribution in [3.05, 3.63) is 0 Å². The zero-order valence-corrected chi connectivity index (χ0v) is 8.16. The van der Waals surface area contributed by atoms with Crippen LogP contribution in [0.3, 0.4) is 0 Å². The molecule has 1 nitrogen and oxygen atoms in total. The summed E-state index contributed by atoms with van der Waals surface area (Å²) in [7, 11) is 0. The summed E-state index contributed by atoms with van der Waals surface area (Å²) in [6.45, 7) is 1.50. The molecule has 0 amide bonds. The van der Waals surface area contributed by atoms with Crippen LogP contribution in [-0.4, -0.2) is 19.3 Å². The lowest BCUT2D eigenvalue weighted by molar-refractivity contribution is -0.273. The lowest BCUT2D eigenvalue weighted by Crippen LogP contribution is -2.52. The van der Waals surface area contributed by atoms with Gasteiger partial charge >= 0.3 is 6.18 Å². The monoisotopic (exact) mass is 207 g/mol. The van der Waals surface area contributed by atoms with E-state index < -0.39 is 11.6 Å². The maximum Gasteiger partial charge on any atom is 0.394 e. The molecule has 0 aromatic rings. The van der Waals surface area contributed by atoms with Crippen LogP contribution >= 0.6 is 0 Å². The fraction of sp³-hybridized carbons (Fsp3) is 1.00. The van der Waals surface area contributed by atoms with Gasteiger partial charge in [0, 0.05) is 0 Å². The van der Waals surface area contributed by atoms with Crippen LogP contribution in [0.2, 0.25) is 0 Å². The van der Waals surface area contributed by atoms with E-state index in [4.69, 9.17) is 0 Å². The minimum absolute atomic E-state index is 0.127. The summed E-state index contributed by atoms with van der Waals surface area (Å²) in [6, 6.07) is 0. The number of alkyl halides is 3. The minimum Gasteiger partial charge on any atom is -0.317 e. The lowest BCUT2D eigenvalue weighted by Gasteiger charge is -2.50. The first-order valence-corrected chi connectivity index (χ1v) is 5.34. The Morgan fingerprint density at radius 3 is 2.00 bits per heavy atom. The summed E-state index contributed by atoms with van der Waals surface area (Å²) in [5.74, 6) is -0.127. The normalized spacial score (nSPS) is 28.5. The zero-order chi connectivity index (χ0) is 10.2. The van der Waals surface area contributed by atoms with Crippen molar-refractivity contribution in [3.8, 4) is 0 Å². The second kappa shape index (κ2) is 3.40. The molecule has 1 saturated heterocycles. The van der Waals surface area contributed by atoms with E-state index in [1.807, 2.05) is 0 Å². The zero-order valence-electron chi connectivity index (χ0n) is 8.16. The van der Waals surface area contributed by atoms with Crippen molar-refractivity contribution in [3.63, 3.8) is 0 Å². The Kier molecular flexibility index (Phi) is 2.50. The lowest BCUT2D eigenvalue weighted by atomic mass is 9.58. The van der Waals surface area contributed by atoms with Crippen LogP contribution in [0, 0.1) is 11.3 Å². The SMILES string of the molecule is FC(F)(F)C1(C2CCNCC2)CCC1. The van der Waals surface area contributed by atoms with Gasteiger partial charge in [-0.3, -0.25) is 0 Å². The first-order chi connectivity index (χ1) is 6.56. The number of nitrogens with one attached hydrogen (secondary N) is 1. The van der Waals surface area contributed by atoms with Gasteiger partial charge in [0.1, 0.15) is 0 Å². The highest BCUT2D eigenvalue weighted by Gasteiger charge is 2.61. The van der Waals surface area contributed by atoms with Crippen LogP contribution in [0.4, 0.5) is 13.2 Å². The van der Waals surface area contributed by atoms with Gasteiger partial charge in [-0.1, -0.05) is 6.42 Å². The highest BCUT2D eigenvalue weighted by atomic mass is 19.4. The first kappa shape index (κ1) is 10.3. The van der Waals surface area contributed by atoms with E-state index in [9.17, 15) is 13.2 Å². The molecule has 14 heavy (non-hydrogen) atoms. The molecule has 0 aromatic carbocycles. The summed E-state index contributed by atoms with van der Waals surface area (Å²) in [5, 5.41) is 3.12. The molecule has 0 atom stereocenters. The van der Waals surface area contributed by atoms with E-state index >= 15 is 0 Å². The van der Waals surface area contributed by atoms with Crippen molar-refractivity contribution in [1.82, 2.24) is 5.32 Å². The maximum absolute atomic E-state index is 12.9. The third kappa shape index (κ3) is 1.44. The van der Waals surface area contributed by atoms with Crippen molar-refractivity contribution in [2.75, 3.05) is 13.1 Å². The average molecular weight is 207 g/mol. The van der Waals surface area contributed by atoms with Crippen molar-refractivity contribution < 1.29 is 13.2 Å². The van der Waals surface area contributed by atoms with Crippen LogP contribution in [-0.2, 0) is 0 Å². The molecule has 2 aliphatic rings. The number of piperidine rings is 1. The van der Waals surface area contributed by atoms with Gasteiger partial charge in [-0.15, -0.1) is 0 Å². The Morgan fingerprint density at radius 1 is 1.07 bits per heavy atom. The third-order valence-corrected chi connectivity index (χ3v) is 3.93. The van der Waals surface area contributed by atoms with Crippen LogP contribution in [0.1, 0.15) is 32.1 Å². The molecule has 0 spiro atoms. The summed E-state index contributed by atoms with van der Waals surface area (Å²) < 4.78 is 38.8. The van der Waals surface area contributed by atoms with Gasteiger partial charge in [-0.25, -0.2) is 0 Å². The third-order valence-electron chi connectivity index (χ3n) is 3.93. The molecular formula is C10H16F3N. The predicted octanol–water partition coefficient (Wildman–Crippen LogP) is 2.72. The van der Waals surface area contributed by atoms with E-state index in [1.165, 1.54) is 0 Å². The molecule has 0 bridgehead atoms. The number of hydrogen-bond donors (Lipinski definition) is 1. The van der Waals surface area contributed by atoms with Crippen LogP contribution in [0.15, 0.2) is 0 Å². The van der Waals surface area contributed by atoms with Gasteiger partial charge in [0.15, 0.2) is 0 Å². The van der Waals surface area contributed by atoms with E-state index in [2.05, 4.69) is 5.32 Å². The Morgan fingerprint density at radius 2 is 1.64 bits per heavy atom. The van der Waals surface area contributed by atoms with Gasteiger partial charge < -0.3 is 5.32 Å². The Labute approximate surface area is 82.1 Å². The highest BCUT2D eigenvalue weighted by molar-refractivity contribution is 4.99. The van der Waals surface area contributed by atoms with Crippen molar-refractivity contribution >= 4 is 0 Å². The first-order valence-electron chi connectivity index (χ1n) is 5.34. The van der Waals surface area contributed by atoms with Gasteiger partial charge in [-0.2, -0.15) is 13.2 Å². The maximum atomic E-state index is 12.9. The summed E-state index contributed by atoms with van der Waals surface area (Å²) in [6.07, 6.45) is -1.11. The fourth-order valence-electron chi connectivity index (χ4n) is 2.86. The molecule has 1 heterocycles. The van der Waals surface area contributed by atoms with Crippen LogP contribution in [0.25, 0.3) is 0 Å². The molecule has 4 heteroatoms. The highest BCUT2D eigenvalue weighted by Crippen LogP contribution is 2.59. The minimum atomic E-state index is -3.98. The topological polar surface area (TPSA) is 12.0 Å². The second-order valence-corrected chi connectivity index (χ2v) is 4.53. The van der Waals surface area contributed by atoms with E-state index in [0.29, 0.717) is 25.7 Å². The average Bonchev–Trinajstić information content (AvgIpc) is 2.01. The number of halogens is 3. The molecule has 1 saturated carbocycles. The summed E-state index contributed by atoms with van der Waals surface area (Å²) in [5.41, 5.74) is -1.31. The van der Waals surface area contributed by atoms with E-state index in [-0.39, 0.29) is 5.92 Å². The molecular weight excluding hydrogens is 191 g/mol. The van der Waals surface area contributed by atoms with E-state index in [1.54, 1.807) is 0 Å². The Hall–Kier alpha value is -0.250. The summed E-state index contributed by atoms with van der Waals surface area (Å²) >= 11 is 0. The van der Waals surface area contributed by atoms with Crippen molar-refractivity contribution in [1.29, 1.82) is 0 Å². The second-order valence-electron chi connectivity index (χ2n) is 4.53. The molecule has 0 unspecified atom stereocenters.